The minimum Gasteiger partial charge on any atom is -0.497 e. The number of H-pyrrole nitrogens is 1. The number of nitrogens with one attached hydrogen (secondary N) is 3. The molecule has 2 amide bonds. The zero-order valence-electron chi connectivity index (χ0n) is 15.1. The number of aromatic amines is 1. The highest BCUT2D eigenvalue weighted by atomic mass is 16.5. The number of benzene rings is 2. The molecule has 1 aliphatic carbocycles. The Bertz CT molecular complexity index is 961. The summed E-state index contributed by atoms with van der Waals surface area (Å²) in [5.41, 5.74) is 5.82. The van der Waals surface area contributed by atoms with Crippen molar-refractivity contribution in [1.82, 2.24) is 10.3 Å². The number of rotatable bonds is 3. The number of fused-ring (bicyclic) bond motifs is 3. The van der Waals surface area contributed by atoms with Crippen molar-refractivity contribution in [3.05, 3.63) is 59.3 Å². The van der Waals surface area contributed by atoms with Crippen LogP contribution in [0.25, 0.3) is 10.9 Å². The Kier molecular flexibility index (Phi) is 4.29. The zero-order valence-corrected chi connectivity index (χ0v) is 15.1. The van der Waals surface area contributed by atoms with E-state index in [0.717, 1.165) is 30.7 Å². The topological polar surface area (TPSA) is 66.2 Å². The van der Waals surface area contributed by atoms with Gasteiger partial charge in [-0.3, -0.25) is 0 Å². The standard InChI is InChI=1S/C21H23N3O2/c1-13-6-9-19-18(10-13)17-8-7-15(12-20(17)24-19)23-21(25)22-14-4-3-5-16(11-14)26-2/h3-6,9-11,15,24H,7-8,12H2,1-2H3,(H2,22,23,25). The Hall–Kier alpha value is -2.95. The molecule has 1 unspecified atom stereocenters. The van der Waals surface area contributed by atoms with Gasteiger partial charge in [0.05, 0.1) is 7.11 Å². The summed E-state index contributed by atoms with van der Waals surface area (Å²) in [6, 6.07) is 13.8. The van der Waals surface area contributed by atoms with Crippen LogP contribution in [-0.4, -0.2) is 24.2 Å². The van der Waals surface area contributed by atoms with Gasteiger partial charge in [-0.1, -0.05) is 17.7 Å². The molecule has 1 heterocycles. The number of urea groups is 1. The highest BCUT2D eigenvalue weighted by molar-refractivity contribution is 5.90. The normalized spacial score (nSPS) is 16.2. The lowest BCUT2D eigenvalue weighted by atomic mass is 9.91. The molecule has 5 nitrogen and oxygen atoms in total. The van der Waals surface area contributed by atoms with Gasteiger partial charge in [0.1, 0.15) is 5.75 Å². The van der Waals surface area contributed by atoms with E-state index in [9.17, 15) is 4.79 Å². The van der Waals surface area contributed by atoms with Crippen molar-refractivity contribution in [2.24, 2.45) is 0 Å². The van der Waals surface area contributed by atoms with Crippen LogP contribution in [0.5, 0.6) is 5.75 Å². The van der Waals surface area contributed by atoms with Gasteiger partial charge in [0.2, 0.25) is 0 Å². The first kappa shape index (κ1) is 16.5. The fourth-order valence-electron chi connectivity index (χ4n) is 3.72. The predicted molar refractivity (Wildman–Crippen MR) is 104 cm³/mol. The van der Waals surface area contributed by atoms with E-state index >= 15 is 0 Å². The smallest absolute Gasteiger partial charge is 0.319 e. The fourth-order valence-corrected chi connectivity index (χ4v) is 3.72. The third-order valence-corrected chi connectivity index (χ3v) is 5.01. The molecule has 26 heavy (non-hydrogen) atoms. The number of hydrogen-bond donors (Lipinski definition) is 3. The molecular formula is C21H23N3O2. The van der Waals surface area contributed by atoms with Gasteiger partial charge in [0.15, 0.2) is 0 Å². The van der Waals surface area contributed by atoms with Crippen LogP contribution in [0.3, 0.4) is 0 Å². The summed E-state index contributed by atoms with van der Waals surface area (Å²) >= 11 is 0. The fraction of sp³-hybridized carbons (Fsp3) is 0.286. The van der Waals surface area contributed by atoms with E-state index in [0.29, 0.717) is 0 Å². The SMILES string of the molecule is COc1cccc(NC(=O)NC2CCc3c([nH]c4ccc(C)cc34)C2)c1. The maximum Gasteiger partial charge on any atom is 0.319 e. The predicted octanol–water partition coefficient (Wildman–Crippen LogP) is 4.16. The van der Waals surface area contributed by atoms with Crippen LogP contribution >= 0.6 is 0 Å². The summed E-state index contributed by atoms with van der Waals surface area (Å²) in [4.78, 5) is 15.9. The molecule has 4 rings (SSSR count). The summed E-state index contributed by atoms with van der Waals surface area (Å²) in [5, 5.41) is 7.29. The number of carbonyl (C=O) groups excluding carboxylic acids is 1. The highest BCUT2D eigenvalue weighted by Gasteiger charge is 2.23. The minimum atomic E-state index is -0.182. The molecule has 0 saturated heterocycles. The highest BCUT2D eigenvalue weighted by Crippen LogP contribution is 2.30. The first-order chi connectivity index (χ1) is 12.6. The monoisotopic (exact) mass is 349 g/mol. The average Bonchev–Trinajstić information content (AvgIpc) is 2.98. The average molecular weight is 349 g/mol. The minimum absolute atomic E-state index is 0.127. The molecule has 0 fully saturated rings. The molecule has 1 aromatic heterocycles. The van der Waals surface area contributed by atoms with E-state index in [-0.39, 0.29) is 12.1 Å². The Morgan fingerprint density at radius 2 is 2.12 bits per heavy atom. The van der Waals surface area contributed by atoms with Gasteiger partial charge in [-0.2, -0.15) is 0 Å². The van der Waals surface area contributed by atoms with Gasteiger partial charge in [-0.15, -0.1) is 0 Å². The molecule has 3 N–H and O–H groups in total. The molecule has 0 radical (unpaired) electrons. The van der Waals surface area contributed by atoms with Gasteiger partial charge in [-0.05, 0) is 49.6 Å². The van der Waals surface area contributed by atoms with Gasteiger partial charge in [0.25, 0.3) is 0 Å². The van der Waals surface area contributed by atoms with E-state index in [4.69, 9.17) is 4.74 Å². The van der Waals surface area contributed by atoms with E-state index in [1.54, 1.807) is 13.2 Å². The Balaban J connectivity index is 1.44. The van der Waals surface area contributed by atoms with Crippen molar-refractivity contribution in [3.63, 3.8) is 0 Å². The lowest BCUT2D eigenvalue weighted by Crippen LogP contribution is -2.41. The Morgan fingerprint density at radius 1 is 1.23 bits per heavy atom. The first-order valence-corrected chi connectivity index (χ1v) is 8.94. The van der Waals surface area contributed by atoms with E-state index in [1.807, 2.05) is 18.2 Å². The molecule has 0 bridgehead atoms. The Morgan fingerprint density at radius 3 is 2.96 bits per heavy atom. The number of aryl methyl sites for hydroxylation is 2. The van der Waals surface area contributed by atoms with Crippen LogP contribution in [0.4, 0.5) is 10.5 Å². The largest absolute Gasteiger partial charge is 0.497 e. The summed E-state index contributed by atoms with van der Waals surface area (Å²) in [6.07, 6.45) is 2.75. The number of aromatic nitrogens is 1. The van der Waals surface area contributed by atoms with Crippen LogP contribution in [0.2, 0.25) is 0 Å². The second-order valence-corrected chi connectivity index (χ2v) is 6.90. The van der Waals surface area contributed by atoms with Crippen LogP contribution in [0, 0.1) is 6.92 Å². The lowest BCUT2D eigenvalue weighted by Gasteiger charge is -2.23. The quantitative estimate of drug-likeness (QED) is 0.664. The molecule has 2 aromatic carbocycles. The molecular weight excluding hydrogens is 326 g/mol. The number of anilines is 1. The van der Waals surface area contributed by atoms with Crippen molar-refractivity contribution in [2.75, 3.05) is 12.4 Å². The van der Waals surface area contributed by atoms with Crippen LogP contribution in [0.15, 0.2) is 42.5 Å². The third kappa shape index (κ3) is 3.25. The number of amides is 2. The van der Waals surface area contributed by atoms with Gasteiger partial charge in [-0.25, -0.2) is 4.79 Å². The van der Waals surface area contributed by atoms with Gasteiger partial charge >= 0.3 is 6.03 Å². The summed E-state index contributed by atoms with van der Waals surface area (Å²) in [6.45, 7) is 2.12. The molecule has 134 valence electrons. The zero-order chi connectivity index (χ0) is 18.1. The molecule has 1 aliphatic rings. The van der Waals surface area contributed by atoms with Crippen LogP contribution < -0.4 is 15.4 Å². The lowest BCUT2D eigenvalue weighted by molar-refractivity contribution is 0.247. The second kappa shape index (κ2) is 6.75. The summed E-state index contributed by atoms with van der Waals surface area (Å²) in [7, 11) is 1.61. The molecule has 0 aliphatic heterocycles. The number of hydrogen-bond acceptors (Lipinski definition) is 2. The van der Waals surface area contributed by atoms with Crippen molar-refractivity contribution in [3.8, 4) is 5.75 Å². The maximum atomic E-state index is 12.3. The van der Waals surface area contributed by atoms with E-state index in [1.165, 1.54) is 27.7 Å². The number of methoxy groups -OCH3 is 1. The van der Waals surface area contributed by atoms with Crippen molar-refractivity contribution >= 4 is 22.6 Å². The number of carbonyl (C=O) groups is 1. The molecule has 5 heteroatoms. The third-order valence-electron chi connectivity index (χ3n) is 5.01. The van der Waals surface area contributed by atoms with Crippen LogP contribution in [-0.2, 0) is 12.8 Å². The van der Waals surface area contributed by atoms with E-state index in [2.05, 4.69) is 40.7 Å². The molecule has 0 saturated carbocycles. The maximum absolute atomic E-state index is 12.3. The van der Waals surface area contributed by atoms with Crippen LogP contribution in [0.1, 0.15) is 23.2 Å². The summed E-state index contributed by atoms with van der Waals surface area (Å²) in [5.74, 6) is 0.721. The second-order valence-electron chi connectivity index (χ2n) is 6.90. The number of ether oxygens (including phenoxy) is 1. The van der Waals surface area contributed by atoms with Gasteiger partial charge < -0.3 is 20.4 Å². The van der Waals surface area contributed by atoms with Crippen molar-refractivity contribution < 1.29 is 9.53 Å². The Labute approximate surface area is 152 Å². The molecule has 1 atom stereocenters. The van der Waals surface area contributed by atoms with Crippen molar-refractivity contribution in [1.29, 1.82) is 0 Å². The van der Waals surface area contributed by atoms with Crippen molar-refractivity contribution in [2.45, 2.75) is 32.2 Å². The first-order valence-electron chi connectivity index (χ1n) is 8.94. The molecule has 3 aromatic rings. The van der Waals surface area contributed by atoms with Gasteiger partial charge in [0, 0.05) is 40.8 Å². The molecule has 0 spiro atoms. The summed E-state index contributed by atoms with van der Waals surface area (Å²) < 4.78 is 5.19. The van der Waals surface area contributed by atoms with E-state index < -0.39 is 0 Å².